The summed E-state index contributed by atoms with van der Waals surface area (Å²) in [6.45, 7) is 0. The van der Waals surface area contributed by atoms with Crippen molar-refractivity contribution in [3.63, 3.8) is 0 Å². The van der Waals surface area contributed by atoms with Crippen molar-refractivity contribution in [2.75, 3.05) is 0 Å². The van der Waals surface area contributed by atoms with E-state index in [9.17, 15) is 0 Å². The molecule has 0 atom stereocenters. The molecule has 0 aliphatic heterocycles. The molecule has 10 rings (SSSR count). The number of rotatable bonds is 7. The third-order valence-electron chi connectivity index (χ3n) is 10.3. The second-order valence-electron chi connectivity index (χ2n) is 13.9. The molecule has 56 heavy (non-hydrogen) atoms. The zero-order chi connectivity index (χ0) is 37.3. The van der Waals surface area contributed by atoms with E-state index in [0.29, 0.717) is 17.5 Å². The van der Waals surface area contributed by atoms with Crippen LogP contribution < -0.4 is 0 Å². The third-order valence-corrected chi connectivity index (χ3v) is 10.3. The van der Waals surface area contributed by atoms with Gasteiger partial charge in [0.25, 0.3) is 0 Å². The van der Waals surface area contributed by atoms with E-state index in [-0.39, 0.29) is 0 Å². The van der Waals surface area contributed by atoms with Gasteiger partial charge in [-0.05, 0) is 74.5 Å². The number of nitrogens with zero attached hydrogens (tertiary/aromatic N) is 4. The Kier molecular flexibility index (Phi) is 8.47. The van der Waals surface area contributed by atoms with Crippen LogP contribution in [0.1, 0.15) is 0 Å². The largest absolute Gasteiger partial charge is 0.248 e. The summed E-state index contributed by atoms with van der Waals surface area (Å²) < 4.78 is 0. The van der Waals surface area contributed by atoms with Crippen LogP contribution in [0.3, 0.4) is 0 Å². The molecule has 0 aliphatic rings. The van der Waals surface area contributed by atoms with Crippen LogP contribution >= 0.6 is 0 Å². The molecule has 0 bridgehead atoms. The van der Waals surface area contributed by atoms with Gasteiger partial charge in [0.1, 0.15) is 0 Å². The lowest BCUT2D eigenvalue weighted by Gasteiger charge is -2.14. The smallest absolute Gasteiger partial charge is 0.164 e. The lowest BCUT2D eigenvalue weighted by molar-refractivity contribution is 1.07. The summed E-state index contributed by atoms with van der Waals surface area (Å²) in [5.41, 5.74) is 12.7. The molecular formula is C52H34N4. The molecular weight excluding hydrogens is 681 g/mol. The number of hydrogen-bond donors (Lipinski definition) is 0. The van der Waals surface area contributed by atoms with E-state index in [0.717, 1.165) is 61.1 Å². The van der Waals surface area contributed by atoms with Gasteiger partial charge in [-0.2, -0.15) is 0 Å². The number of fused-ring (bicyclic) bond motifs is 3. The molecule has 4 heteroatoms. The highest BCUT2D eigenvalue weighted by atomic mass is 15.0. The monoisotopic (exact) mass is 714 g/mol. The number of benzene rings is 8. The second-order valence-corrected chi connectivity index (χ2v) is 13.9. The quantitative estimate of drug-likeness (QED) is 0.154. The average Bonchev–Trinajstić information content (AvgIpc) is 3.29. The summed E-state index contributed by atoms with van der Waals surface area (Å²) in [6, 6.07) is 71.8. The Bertz CT molecular complexity index is 2940. The van der Waals surface area contributed by atoms with Gasteiger partial charge < -0.3 is 0 Å². The van der Waals surface area contributed by atoms with Crippen molar-refractivity contribution >= 4 is 21.7 Å². The van der Waals surface area contributed by atoms with Crippen LogP contribution in [-0.4, -0.2) is 19.9 Å². The van der Waals surface area contributed by atoms with Gasteiger partial charge >= 0.3 is 0 Å². The van der Waals surface area contributed by atoms with E-state index >= 15 is 0 Å². The Morgan fingerprint density at radius 2 is 0.696 bits per heavy atom. The summed E-state index contributed by atoms with van der Waals surface area (Å²) in [7, 11) is 0. The molecule has 0 amide bonds. The van der Waals surface area contributed by atoms with Gasteiger partial charge in [0.2, 0.25) is 0 Å². The van der Waals surface area contributed by atoms with Crippen molar-refractivity contribution in [2.45, 2.75) is 0 Å². The van der Waals surface area contributed by atoms with Crippen LogP contribution in [0.25, 0.3) is 100 Å². The van der Waals surface area contributed by atoms with E-state index in [1.54, 1.807) is 0 Å². The second kappa shape index (κ2) is 14.3. The van der Waals surface area contributed by atoms with Crippen LogP contribution in [0.4, 0.5) is 0 Å². The Labute approximate surface area is 325 Å². The molecule has 2 heterocycles. The van der Waals surface area contributed by atoms with Gasteiger partial charge in [-0.1, -0.05) is 176 Å². The summed E-state index contributed by atoms with van der Waals surface area (Å²) >= 11 is 0. The van der Waals surface area contributed by atoms with Crippen molar-refractivity contribution < 1.29 is 0 Å². The summed E-state index contributed by atoms with van der Waals surface area (Å²) in [6.07, 6.45) is 0. The van der Waals surface area contributed by atoms with E-state index in [4.69, 9.17) is 19.9 Å². The molecule has 0 saturated carbocycles. The molecule has 0 radical (unpaired) electrons. The minimum atomic E-state index is 0.635. The highest BCUT2D eigenvalue weighted by molar-refractivity contribution is 6.14. The summed E-state index contributed by atoms with van der Waals surface area (Å²) in [5, 5.41) is 3.51. The van der Waals surface area contributed by atoms with Gasteiger partial charge in [0.05, 0.1) is 11.2 Å². The summed E-state index contributed by atoms with van der Waals surface area (Å²) in [4.78, 5) is 20.0. The maximum atomic E-state index is 5.20. The molecule has 0 saturated heterocycles. The lowest BCUT2D eigenvalue weighted by Crippen LogP contribution is -2.00. The normalized spacial score (nSPS) is 11.2. The standard InChI is InChI=1S/C52H34N4/c1-5-15-35(16-6-1)46-34-48(37-17-7-2-8-18-37)53-47-30-29-36-27-28-43(33-45(36)49(46)47)41-24-13-23-40(31-41)42-25-14-26-44(32-42)52-55-50(38-19-9-3-10-20-38)54-51(56-52)39-21-11-4-12-22-39/h1-34H. The molecule has 0 spiro atoms. The third kappa shape index (κ3) is 6.40. The SMILES string of the molecule is c1ccc(-c2cc(-c3ccccc3)c3c(ccc4ccc(-c5cccc(-c6cccc(-c7nc(-c8ccccc8)nc(-c8ccccc8)n7)c6)c5)cc43)n2)cc1. The Balaban J connectivity index is 1.07. The molecule has 0 unspecified atom stereocenters. The average molecular weight is 715 g/mol. The zero-order valence-electron chi connectivity index (χ0n) is 30.4. The molecule has 0 aliphatic carbocycles. The van der Waals surface area contributed by atoms with Crippen molar-refractivity contribution in [3.8, 4) is 78.8 Å². The predicted molar refractivity (Wildman–Crippen MR) is 231 cm³/mol. The number of pyridine rings is 1. The highest BCUT2D eigenvalue weighted by Gasteiger charge is 2.15. The van der Waals surface area contributed by atoms with Gasteiger partial charge in [-0.15, -0.1) is 0 Å². The molecule has 4 nitrogen and oxygen atoms in total. The number of hydrogen-bond acceptors (Lipinski definition) is 4. The molecule has 0 fully saturated rings. The first-order chi connectivity index (χ1) is 27.7. The molecule has 2 aromatic heterocycles. The van der Waals surface area contributed by atoms with E-state index in [1.165, 1.54) is 21.9 Å². The van der Waals surface area contributed by atoms with E-state index < -0.39 is 0 Å². The first-order valence-corrected chi connectivity index (χ1v) is 18.8. The van der Waals surface area contributed by atoms with Gasteiger partial charge in [-0.25, -0.2) is 19.9 Å². The van der Waals surface area contributed by atoms with E-state index in [1.807, 2.05) is 66.7 Å². The highest BCUT2D eigenvalue weighted by Crippen LogP contribution is 2.39. The molecule has 10 aromatic rings. The predicted octanol–water partition coefficient (Wildman–Crippen LogP) is 13.2. The fourth-order valence-corrected chi connectivity index (χ4v) is 7.49. The van der Waals surface area contributed by atoms with Gasteiger partial charge in [-0.3, -0.25) is 0 Å². The first kappa shape index (κ1) is 33.0. The first-order valence-electron chi connectivity index (χ1n) is 18.8. The van der Waals surface area contributed by atoms with E-state index in [2.05, 4.69) is 140 Å². The topological polar surface area (TPSA) is 51.6 Å². The molecule has 0 N–H and O–H groups in total. The Hall–Kier alpha value is -7.56. The van der Waals surface area contributed by atoms with Crippen LogP contribution in [0.5, 0.6) is 0 Å². The van der Waals surface area contributed by atoms with Crippen molar-refractivity contribution in [1.29, 1.82) is 0 Å². The Morgan fingerprint density at radius 3 is 1.27 bits per heavy atom. The van der Waals surface area contributed by atoms with Gasteiger partial charge in [0, 0.05) is 27.6 Å². The van der Waals surface area contributed by atoms with Crippen molar-refractivity contribution in [2.24, 2.45) is 0 Å². The Morgan fingerprint density at radius 1 is 0.268 bits per heavy atom. The fraction of sp³-hybridized carbons (Fsp3) is 0. The van der Waals surface area contributed by atoms with Crippen molar-refractivity contribution in [1.82, 2.24) is 19.9 Å². The van der Waals surface area contributed by atoms with Gasteiger partial charge in [0.15, 0.2) is 17.5 Å². The minimum absolute atomic E-state index is 0.635. The maximum Gasteiger partial charge on any atom is 0.164 e. The lowest BCUT2D eigenvalue weighted by atomic mass is 9.92. The van der Waals surface area contributed by atoms with Crippen LogP contribution in [0, 0.1) is 0 Å². The van der Waals surface area contributed by atoms with Crippen molar-refractivity contribution in [3.05, 3.63) is 206 Å². The minimum Gasteiger partial charge on any atom is -0.248 e. The van der Waals surface area contributed by atoms with Crippen LogP contribution in [-0.2, 0) is 0 Å². The molecule has 8 aromatic carbocycles. The zero-order valence-corrected chi connectivity index (χ0v) is 30.4. The number of aromatic nitrogens is 4. The fourth-order valence-electron chi connectivity index (χ4n) is 7.49. The molecule has 262 valence electrons. The maximum absolute atomic E-state index is 5.20. The summed E-state index contributed by atoms with van der Waals surface area (Å²) in [5.74, 6) is 1.93. The van der Waals surface area contributed by atoms with Crippen LogP contribution in [0.2, 0.25) is 0 Å². The van der Waals surface area contributed by atoms with Crippen LogP contribution in [0.15, 0.2) is 206 Å².